The number of pyridine rings is 2. The lowest BCUT2D eigenvalue weighted by atomic mass is 9.90. The van der Waals surface area contributed by atoms with Crippen LogP contribution in [0.25, 0.3) is 33.2 Å². The molecule has 2 aromatic carbocycles. The van der Waals surface area contributed by atoms with Gasteiger partial charge in [0.25, 0.3) is 0 Å². The number of benzene rings is 2. The Morgan fingerprint density at radius 1 is 0.903 bits per heavy atom. The zero-order valence-electron chi connectivity index (χ0n) is 19.9. The van der Waals surface area contributed by atoms with Crippen molar-refractivity contribution in [3.63, 3.8) is 0 Å². The Hall–Kier alpha value is -3.00. The van der Waals surface area contributed by atoms with Crippen molar-refractivity contribution in [2.45, 2.75) is 48.0 Å². The summed E-state index contributed by atoms with van der Waals surface area (Å²) < 4.78 is 2.26. The molecule has 0 N–H and O–H groups in total. The van der Waals surface area contributed by atoms with Crippen LogP contribution in [0, 0.1) is 26.2 Å². The van der Waals surface area contributed by atoms with Gasteiger partial charge < -0.3 is 0 Å². The summed E-state index contributed by atoms with van der Waals surface area (Å²) in [4.78, 5) is 4.76. The first-order valence-corrected chi connectivity index (χ1v) is 11.1. The van der Waals surface area contributed by atoms with Crippen LogP contribution >= 0.6 is 0 Å². The van der Waals surface area contributed by atoms with Gasteiger partial charge in [-0.15, -0.1) is 0 Å². The number of nitrogens with zero attached hydrogens (tertiary/aromatic N) is 2. The van der Waals surface area contributed by atoms with Gasteiger partial charge in [0.1, 0.15) is 7.05 Å². The number of rotatable bonds is 3. The standard InChI is InChI=1S/C29H33N2/c1-19-13-20(2)21(3)26(14-19)28-15-22-9-8-10-25(27(22)18-31(28)7)23-11-12-24(30-17-23)16-29(4,5)6/h8-15,17-18H,16H2,1-7H3/q+1. The summed E-state index contributed by atoms with van der Waals surface area (Å²) in [5.74, 6) is 0. The molecule has 158 valence electrons. The molecule has 0 saturated carbocycles. The number of hydrogen-bond acceptors (Lipinski definition) is 1. The molecular weight excluding hydrogens is 376 g/mol. The first-order chi connectivity index (χ1) is 14.6. The van der Waals surface area contributed by atoms with Crippen molar-refractivity contribution >= 4 is 10.8 Å². The van der Waals surface area contributed by atoms with E-state index in [-0.39, 0.29) is 5.41 Å². The molecule has 0 aliphatic rings. The number of hydrogen-bond donors (Lipinski definition) is 0. The van der Waals surface area contributed by atoms with Crippen molar-refractivity contribution in [1.29, 1.82) is 0 Å². The summed E-state index contributed by atoms with van der Waals surface area (Å²) in [6.45, 7) is 13.3. The lowest BCUT2D eigenvalue weighted by molar-refractivity contribution is -0.659. The Balaban J connectivity index is 1.81. The van der Waals surface area contributed by atoms with Crippen LogP contribution in [0.5, 0.6) is 0 Å². The van der Waals surface area contributed by atoms with Crippen LogP contribution in [0.4, 0.5) is 0 Å². The highest BCUT2D eigenvalue weighted by Gasteiger charge is 2.18. The van der Waals surface area contributed by atoms with Crippen molar-refractivity contribution in [3.05, 3.63) is 83.3 Å². The molecule has 2 heteroatoms. The molecular formula is C29H33N2+. The van der Waals surface area contributed by atoms with Gasteiger partial charge in [-0.05, 0) is 66.8 Å². The quantitative estimate of drug-likeness (QED) is 0.336. The lowest BCUT2D eigenvalue weighted by Gasteiger charge is -2.17. The van der Waals surface area contributed by atoms with Gasteiger partial charge in [0.15, 0.2) is 6.20 Å². The molecule has 0 aliphatic carbocycles. The van der Waals surface area contributed by atoms with E-state index < -0.39 is 0 Å². The zero-order chi connectivity index (χ0) is 22.3. The molecule has 0 unspecified atom stereocenters. The van der Waals surface area contributed by atoms with Gasteiger partial charge in [0, 0.05) is 29.1 Å². The van der Waals surface area contributed by atoms with Crippen LogP contribution in [0.3, 0.4) is 0 Å². The maximum atomic E-state index is 4.76. The second-order valence-corrected chi connectivity index (χ2v) is 10.1. The molecule has 0 radical (unpaired) electrons. The van der Waals surface area contributed by atoms with Gasteiger partial charge in [0.2, 0.25) is 5.69 Å². The van der Waals surface area contributed by atoms with E-state index in [9.17, 15) is 0 Å². The van der Waals surface area contributed by atoms with Crippen molar-refractivity contribution in [2.24, 2.45) is 12.5 Å². The number of aromatic nitrogens is 2. The molecule has 0 saturated heterocycles. The fourth-order valence-corrected chi connectivity index (χ4v) is 4.42. The Morgan fingerprint density at radius 3 is 2.35 bits per heavy atom. The number of fused-ring (bicyclic) bond motifs is 1. The summed E-state index contributed by atoms with van der Waals surface area (Å²) in [7, 11) is 2.15. The highest BCUT2D eigenvalue weighted by atomic mass is 14.9. The fourth-order valence-electron chi connectivity index (χ4n) is 4.42. The van der Waals surface area contributed by atoms with E-state index in [4.69, 9.17) is 4.98 Å². The van der Waals surface area contributed by atoms with Crippen molar-refractivity contribution in [3.8, 4) is 22.4 Å². The Morgan fingerprint density at radius 2 is 1.68 bits per heavy atom. The third-order valence-electron chi connectivity index (χ3n) is 6.07. The molecule has 0 spiro atoms. The maximum Gasteiger partial charge on any atom is 0.213 e. The Kier molecular flexibility index (Phi) is 5.43. The van der Waals surface area contributed by atoms with Crippen LogP contribution < -0.4 is 4.57 Å². The topological polar surface area (TPSA) is 16.8 Å². The van der Waals surface area contributed by atoms with Gasteiger partial charge >= 0.3 is 0 Å². The van der Waals surface area contributed by atoms with Crippen LogP contribution in [0.15, 0.2) is 60.9 Å². The summed E-state index contributed by atoms with van der Waals surface area (Å²) in [6, 6.07) is 17.8. The van der Waals surface area contributed by atoms with Gasteiger partial charge in [-0.3, -0.25) is 4.98 Å². The molecule has 0 bridgehead atoms. The molecule has 4 aromatic rings. The zero-order valence-corrected chi connectivity index (χ0v) is 19.9. The summed E-state index contributed by atoms with van der Waals surface area (Å²) in [5, 5.41) is 2.50. The van der Waals surface area contributed by atoms with Crippen LogP contribution in [0.1, 0.15) is 43.2 Å². The van der Waals surface area contributed by atoms with Gasteiger partial charge in [0.05, 0.1) is 5.39 Å². The largest absolute Gasteiger partial charge is 0.261 e. The van der Waals surface area contributed by atoms with E-state index in [0.29, 0.717) is 0 Å². The molecule has 2 nitrogen and oxygen atoms in total. The molecule has 0 amide bonds. The summed E-state index contributed by atoms with van der Waals surface area (Å²) >= 11 is 0. The molecule has 0 fully saturated rings. The minimum absolute atomic E-state index is 0.240. The Labute approximate surface area is 186 Å². The van der Waals surface area contributed by atoms with Crippen molar-refractivity contribution < 1.29 is 4.57 Å². The predicted octanol–water partition coefficient (Wildman–Crippen LogP) is 6.91. The van der Waals surface area contributed by atoms with Crippen LogP contribution in [0.2, 0.25) is 0 Å². The van der Waals surface area contributed by atoms with E-state index >= 15 is 0 Å². The monoisotopic (exact) mass is 409 g/mol. The maximum absolute atomic E-state index is 4.76. The first-order valence-electron chi connectivity index (χ1n) is 11.1. The Bertz CT molecular complexity index is 1260. The third-order valence-corrected chi connectivity index (χ3v) is 6.07. The average molecular weight is 410 g/mol. The normalized spacial score (nSPS) is 11.8. The van der Waals surface area contributed by atoms with Gasteiger partial charge in [-0.1, -0.05) is 56.7 Å². The van der Waals surface area contributed by atoms with Crippen molar-refractivity contribution in [1.82, 2.24) is 4.98 Å². The van der Waals surface area contributed by atoms with Gasteiger partial charge in [-0.25, -0.2) is 4.57 Å². The average Bonchev–Trinajstić information content (AvgIpc) is 2.69. The predicted molar refractivity (Wildman–Crippen MR) is 131 cm³/mol. The second-order valence-electron chi connectivity index (χ2n) is 10.1. The van der Waals surface area contributed by atoms with E-state index in [1.807, 2.05) is 6.20 Å². The van der Waals surface area contributed by atoms with E-state index in [1.54, 1.807) is 0 Å². The molecule has 2 heterocycles. The first kappa shape index (κ1) is 21.2. The third kappa shape index (κ3) is 4.39. The molecule has 0 aliphatic heterocycles. The van der Waals surface area contributed by atoms with Gasteiger partial charge in [-0.2, -0.15) is 0 Å². The molecule has 4 rings (SSSR count). The van der Waals surface area contributed by atoms with Crippen LogP contribution in [-0.4, -0.2) is 4.98 Å². The summed E-state index contributed by atoms with van der Waals surface area (Å²) in [6.07, 6.45) is 5.27. The smallest absolute Gasteiger partial charge is 0.213 e. The minimum atomic E-state index is 0.240. The van der Waals surface area contributed by atoms with E-state index in [0.717, 1.165) is 12.1 Å². The van der Waals surface area contributed by atoms with E-state index in [1.165, 1.54) is 49.8 Å². The highest BCUT2D eigenvalue weighted by molar-refractivity contribution is 5.96. The SMILES string of the molecule is Cc1cc(C)c(C)c(-c2cc3cccc(-c4ccc(CC(C)(C)C)nc4)c3c[n+]2C)c1. The highest BCUT2D eigenvalue weighted by Crippen LogP contribution is 2.32. The summed E-state index contributed by atoms with van der Waals surface area (Å²) in [5.41, 5.74) is 10.3. The fraction of sp³-hybridized carbons (Fsp3) is 0.310. The molecule has 2 aromatic heterocycles. The van der Waals surface area contributed by atoms with E-state index in [2.05, 4.69) is 108 Å². The second kappa shape index (κ2) is 7.92. The lowest BCUT2D eigenvalue weighted by Crippen LogP contribution is -2.30. The molecule has 0 atom stereocenters. The molecule has 31 heavy (non-hydrogen) atoms. The minimum Gasteiger partial charge on any atom is -0.261 e. The van der Waals surface area contributed by atoms with Crippen molar-refractivity contribution in [2.75, 3.05) is 0 Å². The van der Waals surface area contributed by atoms with Crippen LogP contribution in [-0.2, 0) is 13.5 Å². The number of aryl methyl sites for hydroxylation is 3.